The molecule has 0 aliphatic rings. The van der Waals surface area contributed by atoms with Gasteiger partial charge in [-0.2, -0.15) is 0 Å². The Morgan fingerprint density at radius 1 is 1.25 bits per heavy atom. The zero-order valence-corrected chi connectivity index (χ0v) is 15.4. The Morgan fingerprint density at radius 2 is 2.00 bits per heavy atom. The molecule has 1 N–H and O–H groups in total. The minimum absolute atomic E-state index is 0.0243. The van der Waals surface area contributed by atoms with Crippen molar-refractivity contribution in [1.82, 2.24) is 10.3 Å². The van der Waals surface area contributed by atoms with Gasteiger partial charge in [-0.15, -0.1) is 11.3 Å². The summed E-state index contributed by atoms with van der Waals surface area (Å²) in [5.41, 5.74) is 3.40. The van der Waals surface area contributed by atoms with Crippen molar-refractivity contribution in [2.75, 3.05) is 18.1 Å². The quantitative estimate of drug-likeness (QED) is 0.756. The summed E-state index contributed by atoms with van der Waals surface area (Å²) in [6.45, 7) is 8.96. The molecule has 1 aromatic carbocycles. The normalized spacial score (nSPS) is 10.8. The molecule has 0 saturated heterocycles. The molecule has 5 nitrogen and oxygen atoms in total. The van der Waals surface area contributed by atoms with Gasteiger partial charge >= 0.3 is 0 Å². The predicted molar refractivity (Wildman–Crippen MR) is 98.1 cm³/mol. The lowest BCUT2D eigenvalue weighted by Crippen LogP contribution is -2.27. The lowest BCUT2D eigenvalue weighted by Gasteiger charge is -2.14. The maximum atomic E-state index is 11.6. The smallest absolute Gasteiger partial charge is 0.225 e. The highest BCUT2D eigenvalue weighted by molar-refractivity contribution is 7.14. The van der Waals surface area contributed by atoms with Crippen molar-refractivity contribution in [2.45, 2.75) is 40.5 Å². The zero-order chi connectivity index (χ0) is 17.4. The number of carbonyl (C=O) groups excluding carboxylic acids is 1. The average molecular weight is 347 g/mol. The first-order chi connectivity index (χ1) is 11.7. The van der Waals surface area contributed by atoms with Crippen LogP contribution in [0.2, 0.25) is 0 Å². The lowest BCUT2D eigenvalue weighted by atomic mass is 10.1. The number of amides is 1. The summed E-state index contributed by atoms with van der Waals surface area (Å²) in [5, 5.41) is 6.18. The second-order valence-corrected chi connectivity index (χ2v) is 6.23. The van der Waals surface area contributed by atoms with E-state index in [1.165, 1.54) is 22.5 Å². The Labute approximate surface area is 147 Å². The minimum Gasteiger partial charge on any atom is -0.377 e. The average Bonchev–Trinajstić information content (AvgIpc) is 3.02. The molecule has 6 heteroatoms. The van der Waals surface area contributed by atoms with E-state index < -0.39 is 0 Å². The van der Waals surface area contributed by atoms with Gasteiger partial charge in [-0.05, 0) is 25.0 Å². The van der Waals surface area contributed by atoms with Gasteiger partial charge in [-0.3, -0.25) is 9.69 Å². The second-order valence-electron chi connectivity index (χ2n) is 5.39. The van der Waals surface area contributed by atoms with Gasteiger partial charge in [0.25, 0.3) is 0 Å². The summed E-state index contributed by atoms with van der Waals surface area (Å²) in [6.07, 6.45) is 0. The Bertz CT molecular complexity index is 657. The minimum atomic E-state index is 0.0243. The van der Waals surface area contributed by atoms with E-state index >= 15 is 0 Å². The molecule has 2 rings (SSSR count). The molecule has 1 heterocycles. The van der Waals surface area contributed by atoms with Gasteiger partial charge in [0.2, 0.25) is 5.91 Å². The van der Waals surface area contributed by atoms with Crippen LogP contribution < -0.4 is 10.2 Å². The SMILES string of the molecule is CCOCc1ccccc1CNCc1csc(N(CC)C(C)=O)n1. The maximum absolute atomic E-state index is 11.6. The largest absolute Gasteiger partial charge is 0.377 e. The first kappa shape index (κ1) is 18.6. The fourth-order valence-corrected chi connectivity index (χ4v) is 3.33. The van der Waals surface area contributed by atoms with Gasteiger partial charge in [-0.1, -0.05) is 24.3 Å². The Balaban J connectivity index is 1.91. The summed E-state index contributed by atoms with van der Waals surface area (Å²) < 4.78 is 5.51. The van der Waals surface area contributed by atoms with E-state index in [0.29, 0.717) is 26.3 Å². The molecular formula is C18H25N3O2S. The van der Waals surface area contributed by atoms with Gasteiger partial charge in [0.1, 0.15) is 0 Å². The number of nitrogens with one attached hydrogen (secondary N) is 1. The number of ether oxygens (including phenoxy) is 1. The Hall–Kier alpha value is -1.76. The first-order valence-corrected chi connectivity index (χ1v) is 9.11. The number of hydrogen-bond donors (Lipinski definition) is 1. The van der Waals surface area contributed by atoms with Crippen LogP contribution in [-0.2, 0) is 29.2 Å². The van der Waals surface area contributed by atoms with Crippen molar-refractivity contribution in [3.05, 3.63) is 46.5 Å². The Morgan fingerprint density at radius 3 is 2.67 bits per heavy atom. The van der Waals surface area contributed by atoms with Crippen LogP contribution in [0.4, 0.5) is 5.13 Å². The Kier molecular flexibility index (Phi) is 7.36. The number of aromatic nitrogens is 1. The molecule has 24 heavy (non-hydrogen) atoms. The molecule has 0 fully saturated rings. The number of nitrogens with zero attached hydrogens (tertiary/aromatic N) is 2. The highest BCUT2D eigenvalue weighted by Gasteiger charge is 2.13. The molecule has 0 atom stereocenters. The summed E-state index contributed by atoms with van der Waals surface area (Å²) in [4.78, 5) is 17.8. The van der Waals surface area contributed by atoms with E-state index in [1.807, 2.05) is 31.4 Å². The molecule has 130 valence electrons. The number of benzene rings is 1. The number of thiazole rings is 1. The summed E-state index contributed by atoms with van der Waals surface area (Å²) in [6, 6.07) is 8.28. The van der Waals surface area contributed by atoms with Crippen LogP contribution in [0.15, 0.2) is 29.6 Å². The van der Waals surface area contributed by atoms with Crippen LogP contribution in [0.25, 0.3) is 0 Å². The predicted octanol–water partition coefficient (Wildman–Crippen LogP) is 3.34. The molecule has 0 saturated carbocycles. The molecule has 1 amide bonds. The van der Waals surface area contributed by atoms with Crippen LogP contribution in [0.5, 0.6) is 0 Å². The highest BCUT2D eigenvalue weighted by Crippen LogP contribution is 2.20. The zero-order valence-electron chi connectivity index (χ0n) is 14.5. The topological polar surface area (TPSA) is 54.5 Å². The van der Waals surface area contributed by atoms with Gasteiger partial charge in [0.05, 0.1) is 12.3 Å². The van der Waals surface area contributed by atoms with Crippen molar-refractivity contribution >= 4 is 22.4 Å². The van der Waals surface area contributed by atoms with E-state index in [4.69, 9.17) is 4.74 Å². The number of hydrogen-bond acceptors (Lipinski definition) is 5. The van der Waals surface area contributed by atoms with Gasteiger partial charge in [0, 0.05) is 38.5 Å². The highest BCUT2D eigenvalue weighted by atomic mass is 32.1. The molecule has 0 unspecified atom stereocenters. The molecule has 1 aromatic heterocycles. The first-order valence-electron chi connectivity index (χ1n) is 8.23. The van der Waals surface area contributed by atoms with Crippen molar-refractivity contribution in [3.8, 4) is 0 Å². The fourth-order valence-electron chi connectivity index (χ4n) is 2.40. The van der Waals surface area contributed by atoms with Crippen LogP contribution in [0.1, 0.15) is 37.6 Å². The van der Waals surface area contributed by atoms with Gasteiger partial charge in [-0.25, -0.2) is 4.98 Å². The van der Waals surface area contributed by atoms with Gasteiger partial charge in [0.15, 0.2) is 5.13 Å². The molecule has 0 spiro atoms. The van der Waals surface area contributed by atoms with Crippen molar-refractivity contribution in [1.29, 1.82) is 0 Å². The van der Waals surface area contributed by atoms with Crippen molar-refractivity contribution in [3.63, 3.8) is 0 Å². The van der Waals surface area contributed by atoms with Crippen LogP contribution in [0.3, 0.4) is 0 Å². The molecule has 2 aromatic rings. The molecule has 0 bridgehead atoms. The van der Waals surface area contributed by atoms with E-state index in [9.17, 15) is 4.79 Å². The van der Waals surface area contributed by atoms with E-state index in [2.05, 4.69) is 22.4 Å². The van der Waals surface area contributed by atoms with Crippen LogP contribution in [-0.4, -0.2) is 24.0 Å². The van der Waals surface area contributed by atoms with Crippen molar-refractivity contribution in [2.24, 2.45) is 0 Å². The molecule has 0 aliphatic heterocycles. The lowest BCUT2D eigenvalue weighted by molar-refractivity contribution is -0.116. The van der Waals surface area contributed by atoms with E-state index in [1.54, 1.807) is 11.8 Å². The third-order valence-corrected chi connectivity index (χ3v) is 4.58. The summed E-state index contributed by atoms with van der Waals surface area (Å²) >= 11 is 1.51. The van der Waals surface area contributed by atoms with E-state index in [0.717, 1.165) is 17.4 Å². The number of rotatable bonds is 9. The number of anilines is 1. The van der Waals surface area contributed by atoms with E-state index in [-0.39, 0.29) is 5.91 Å². The third kappa shape index (κ3) is 5.12. The summed E-state index contributed by atoms with van der Waals surface area (Å²) in [5.74, 6) is 0.0243. The maximum Gasteiger partial charge on any atom is 0.225 e. The molecular weight excluding hydrogens is 322 g/mol. The summed E-state index contributed by atoms with van der Waals surface area (Å²) in [7, 11) is 0. The monoisotopic (exact) mass is 347 g/mol. The second kappa shape index (κ2) is 9.52. The number of carbonyl (C=O) groups is 1. The van der Waals surface area contributed by atoms with Crippen LogP contribution >= 0.6 is 11.3 Å². The molecule has 0 radical (unpaired) electrons. The fraction of sp³-hybridized carbons (Fsp3) is 0.444. The third-order valence-electron chi connectivity index (χ3n) is 3.67. The molecule has 0 aliphatic carbocycles. The standard InChI is InChI=1S/C18H25N3O2S/c1-4-21(14(3)22)18-20-17(13-24-18)11-19-10-15-8-6-7-9-16(15)12-23-5-2/h6-9,13,19H,4-5,10-12H2,1-3H3. The van der Waals surface area contributed by atoms with Crippen molar-refractivity contribution < 1.29 is 9.53 Å². The van der Waals surface area contributed by atoms with Crippen LogP contribution in [0, 0.1) is 0 Å². The van der Waals surface area contributed by atoms with Gasteiger partial charge < -0.3 is 10.1 Å².